The van der Waals surface area contributed by atoms with E-state index in [-0.39, 0.29) is 6.04 Å². The van der Waals surface area contributed by atoms with Crippen LogP contribution in [0.2, 0.25) is 0 Å². The first-order valence-corrected chi connectivity index (χ1v) is 9.75. The normalized spacial score (nSPS) is 41.6. The number of nitrogens with one attached hydrogen (secondary N) is 1. The summed E-state index contributed by atoms with van der Waals surface area (Å²) in [6.45, 7) is 5.66. The number of hydrogen-bond donors (Lipinski definition) is 1. The highest BCUT2D eigenvalue weighted by molar-refractivity contribution is 7.86. The fraction of sp³-hybridized carbons (Fsp3) is 1.00. The lowest BCUT2D eigenvalue weighted by atomic mass is 9.94. The molecule has 6 heteroatoms. The Hall–Kier alpha value is -0.170. The molecule has 4 atom stereocenters. The van der Waals surface area contributed by atoms with Gasteiger partial charge in [-0.1, -0.05) is 13.8 Å². The van der Waals surface area contributed by atoms with Crippen LogP contribution < -0.4 is 5.32 Å². The third-order valence-corrected chi connectivity index (χ3v) is 7.46. The molecule has 0 aromatic carbocycles. The van der Waals surface area contributed by atoms with E-state index in [4.69, 9.17) is 0 Å². The zero-order chi connectivity index (χ0) is 15.2. The van der Waals surface area contributed by atoms with E-state index in [9.17, 15) is 8.42 Å². The van der Waals surface area contributed by atoms with Gasteiger partial charge in [-0.15, -0.1) is 0 Å². The Bertz CT molecular complexity index is 459. The van der Waals surface area contributed by atoms with Crippen LogP contribution in [0.4, 0.5) is 0 Å². The van der Waals surface area contributed by atoms with Crippen LogP contribution in [-0.4, -0.2) is 55.3 Å². The number of hydrogen-bond acceptors (Lipinski definition) is 3. The van der Waals surface area contributed by atoms with Crippen LogP contribution in [0, 0.1) is 11.8 Å². The highest BCUT2D eigenvalue weighted by Crippen LogP contribution is 2.32. The summed E-state index contributed by atoms with van der Waals surface area (Å²) in [6, 6.07) is 1.21. The number of rotatable bonds is 3. The number of nitrogens with zero attached hydrogens (tertiary/aromatic N) is 2. The van der Waals surface area contributed by atoms with Gasteiger partial charge in [0.05, 0.1) is 0 Å². The van der Waals surface area contributed by atoms with E-state index in [1.807, 2.05) is 0 Å². The van der Waals surface area contributed by atoms with Crippen molar-refractivity contribution in [2.24, 2.45) is 11.8 Å². The minimum Gasteiger partial charge on any atom is -0.311 e. The van der Waals surface area contributed by atoms with Crippen molar-refractivity contribution < 1.29 is 8.42 Å². The fourth-order valence-electron chi connectivity index (χ4n) is 4.49. The molecule has 0 aliphatic carbocycles. The van der Waals surface area contributed by atoms with Gasteiger partial charge >= 0.3 is 0 Å². The second kappa shape index (κ2) is 5.80. The molecule has 3 aliphatic rings. The van der Waals surface area contributed by atoms with Crippen molar-refractivity contribution in [2.45, 2.75) is 64.1 Å². The van der Waals surface area contributed by atoms with Gasteiger partial charge in [-0.05, 0) is 43.9 Å². The lowest BCUT2D eigenvalue weighted by molar-refractivity contribution is 0.192. The molecule has 5 nitrogen and oxygen atoms in total. The topological polar surface area (TPSA) is 52.7 Å². The molecule has 0 spiro atoms. The maximum atomic E-state index is 12.9. The Labute approximate surface area is 129 Å². The van der Waals surface area contributed by atoms with E-state index in [0.717, 1.165) is 19.3 Å². The maximum absolute atomic E-state index is 12.9. The molecule has 3 fully saturated rings. The standard InChI is InChI=1S/C15H29N3O2S/c1-11-6-12(2)10-18(9-11)21(19,20)17(3)15-7-13-4-5-14(8-15)16-13/h11-16H,4-10H2,1-3H3. The Balaban J connectivity index is 1.71. The molecule has 0 aromatic heterocycles. The summed E-state index contributed by atoms with van der Waals surface area (Å²) in [4.78, 5) is 0. The first-order chi connectivity index (χ1) is 9.86. The molecule has 122 valence electrons. The molecule has 0 amide bonds. The van der Waals surface area contributed by atoms with Crippen molar-refractivity contribution in [1.29, 1.82) is 0 Å². The second-order valence-corrected chi connectivity index (χ2v) is 9.54. The maximum Gasteiger partial charge on any atom is 0.281 e. The zero-order valence-corrected chi connectivity index (χ0v) is 14.3. The van der Waals surface area contributed by atoms with Gasteiger partial charge < -0.3 is 5.32 Å². The Morgan fingerprint density at radius 3 is 2.05 bits per heavy atom. The zero-order valence-electron chi connectivity index (χ0n) is 13.5. The van der Waals surface area contributed by atoms with Crippen LogP contribution in [0.25, 0.3) is 0 Å². The molecule has 3 saturated heterocycles. The average Bonchev–Trinajstić information content (AvgIpc) is 2.75. The van der Waals surface area contributed by atoms with Gasteiger partial charge in [0.15, 0.2) is 0 Å². The molecule has 0 saturated carbocycles. The lowest BCUT2D eigenvalue weighted by Gasteiger charge is -2.40. The van der Waals surface area contributed by atoms with Gasteiger partial charge in [-0.2, -0.15) is 17.0 Å². The first-order valence-electron chi connectivity index (χ1n) is 8.35. The summed E-state index contributed by atoms with van der Waals surface area (Å²) >= 11 is 0. The minimum atomic E-state index is -3.31. The number of fused-ring (bicyclic) bond motifs is 2. The van der Waals surface area contributed by atoms with Crippen molar-refractivity contribution in [3.63, 3.8) is 0 Å². The molecule has 3 heterocycles. The molecular weight excluding hydrogens is 286 g/mol. The van der Waals surface area contributed by atoms with Crippen LogP contribution in [0.5, 0.6) is 0 Å². The van der Waals surface area contributed by atoms with Crippen LogP contribution in [0.3, 0.4) is 0 Å². The highest BCUT2D eigenvalue weighted by atomic mass is 32.2. The molecule has 4 unspecified atom stereocenters. The third-order valence-electron chi connectivity index (χ3n) is 5.49. The Morgan fingerprint density at radius 1 is 1.00 bits per heavy atom. The Morgan fingerprint density at radius 2 is 1.52 bits per heavy atom. The largest absolute Gasteiger partial charge is 0.311 e. The predicted molar refractivity (Wildman–Crippen MR) is 84.2 cm³/mol. The second-order valence-electron chi connectivity index (χ2n) is 7.55. The van der Waals surface area contributed by atoms with Crippen molar-refractivity contribution in [1.82, 2.24) is 13.9 Å². The molecule has 0 aromatic rings. The predicted octanol–water partition coefficient (Wildman–Crippen LogP) is 1.42. The molecule has 3 rings (SSSR count). The monoisotopic (exact) mass is 315 g/mol. The molecule has 3 aliphatic heterocycles. The van der Waals surface area contributed by atoms with Gasteiger partial charge in [-0.25, -0.2) is 0 Å². The van der Waals surface area contributed by atoms with Crippen molar-refractivity contribution in [3.8, 4) is 0 Å². The first kappa shape index (κ1) is 15.7. The lowest BCUT2D eigenvalue weighted by Crippen LogP contribution is -2.54. The van der Waals surface area contributed by atoms with Gasteiger partial charge in [0.1, 0.15) is 0 Å². The quantitative estimate of drug-likeness (QED) is 0.857. The summed E-state index contributed by atoms with van der Waals surface area (Å²) in [7, 11) is -1.52. The summed E-state index contributed by atoms with van der Waals surface area (Å²) in [5, 5.41) is 3.59. The molecule has 2 bridgehead atoms. The summed E-state index contributed by atoms with van der Waals surface area (Å²) in [5.74, 6) is 0.919. The number of piperidine rings is 2. The Kier molecular flexibility index (Phi) is 4.34. The molecular formula is C15H29N3O2S. The van der Waals surface area contributed by atoms with Gasteiger partial charge in [0, 0.05) is 38.3 Å². The van der Waals surface area contributed by atoms with Crippen LogP contribution in [-0.2, 0) is 10.2 Å². The van der Waals surface area contributed by atoms with Gasteiger partial charge in [-0.3, -0.25) is 0 Å². The average molecular weight is 315 g/mol. The van der Waals surface area contributed by atoms with Gasteiger partial charge in [0.2, 0.25) is 0 Å². The highest BCUT2D eigenvalue weighted by Gasteiger charge is 2.41. The van der Waals surface area contributed by atoms with Crippen LogP contribution in [0.1, 0.15) is 46.0 Å². The summed E-state index contributed by atoms with van der Waals surface area (Å²) in [5.41, 5.74) is 0. The third kappa shape index (κ3) is 3.14. The fourth-order valence-corrected chi connectivity index (χ4v) is 6.29. The van der Waals surface area contributed by atoms with Crippen molar-refractivity contribution in [2.75, 3.05) is 20.1 Å². The SMILES string of the molecule is CC1CC(C)CN(S(=O)(=O)N(C)C2CC3CCC(C2)N3)C1. The smallest absolute Gasteiger partial charge is 0.281 e. The van der Waals surface area contributed by atoms with E-state index in [1.54, 1.807) is 15.7 Å². The van der Waals surface area contributed by atoms with E-state index < -0.39 is 10.2 Å². The van der Waals surface area contributed by atoms with E-state index in [2.05, 4.69) is 19.2 Å². The van der Waals surface area contributed by atoms with Crippen LogP contribution >= 0.6 is 0 Å². The van der Waals surface area contributed by atoms with Crippen LogP contribution in [0.15, 0.2) is 0 Å². The van der Waals surface area contributed by atoms with E-state index >= 15 is 0 Å². The molecule has 21 heavy (non-hydrogen) atoms. The minimum absolute atomic E-state index is 0.168. The van der Waals surface area contributed by atoms with Gasteiger partial charge in [0.25, 0.3) is 10.2 Å². The van der Waals surface area contributed by atoms with E-state index in [0.29, 0.717) is 37.0 Å². The molecule has 1 N–H and O–H groups in total. The summed E-state index contributed by atoms with van der Waals surface area (Å²) in [6.07, 6.45) is 5.46. The summed E-state index contributed by atoms with van der Waals surface area (Å²) < 4.78 is 29.3. The van der Waals surface area contributed by atoms with Crippen molar-refractivity contribution in [3.05, 3.63) is 0 Å². The molecule has 0 radical (unpaired) electrons. The van der Waals surface area contributed by atoms with E-state index in [1.165, 1.54) is 12.8 Å². The van der Waals surface area contributed by atoms with Crippen molar-refractivity contribution >= 4 is 10.2 Å².